The fraction of sp³-hybridized carbons (Fsp3) is 0.640. The number of nitrogens with zero attached hydrogens (tertiary/aromatic N) is 4. The molecular formula is C25H37N7O2. The molecule has 3 N–H and O–H groups in total. The highest BCUT2D eigenvalue weighted by atomic mass is 16.6. The van der Waals surface area contributed by atoms with Crippen LogP contribution in [0.1, 0.15) is 58.3 Å². The van der Waals surface area contributed by atoms with Gasteiger partial charge in [0, 0.05) is 18.6 Å². The fourth-order valence-electron chi connectivity index (χ4n) is 5.23. The van der Waals surface area contributed by atoms with Crippen LogP contribution in [0.3, 0.4) is 0 Å². The summed E-state index contributed by atoms with van der Waals surface area (Å²) in [5.74, 6) is 3.15. The zero-order chi connectivity index (χ0) is 23.2. The third kappa shape index (κ3) is 5.63. The smallest absolute Gasteiger partial charge is 0.233 e. The average Bonchev–Trinajstić information content (AvgIpc) is 3.17. The molecule has 1 saturated carbocycles. The van der Waals surface area contributed by atoms with Crippen LogP contribution in [0.2, 0.25) is 0 Å². The van der Waals surface area contributed by atoms with Crippen LogP contribution in [0.25, 0.3) is 0 Å². The van der Waals surface area contributed by atoms with Crippen LogP contribution >= 0.6 is 0 Å². The van der Waals surface area contributed by atoms with Gasteiger partial charge in [-0.2, -0.15) is 15.0 Å². The van der Waals surface area contributed by atoms with Crippen LogP contribution in [0.15, 0.2) is 18.2 Å². The van der Waals surface area contributed by atoms with E-state index in [-0.39, 0.29) is 0 Å². The molecule has 2 aliphatic heterocycles. The van der Waals surface area contributed by atoms with E-state index >= 15 is 0 Å². The molecule has 9 nitrogen and oxygen atoms in total. The average molecular weight is 468 g/mol. The summed E-state index contributed by atoms with van der Waals surface area (Å²) in [5.41, 5.74) is 0.794. The lowest BCUT2D eigenvalue weighted by atomic mass is 10.1. The molecule has 34 heavy (non-hydrogen) atoms. The molecule has 1 atom stereocenters. The summed E-state index contributed by atoms with van der Waals surface area (Å²) < 4.78 is 11.6. The zero-order valence-corrected chi connectivity index (χ0v) is 20.2. The molecular weight excluding hydrogens is 430 g/mol. The second-order valence-electron chi connectivity index (χ2n) is 9.40. The number of rotatable bonds is 8. The van der Waals surface area contributed by atoms with E-state index in [2.05, 4.69) is 27.8 Å². The number of likely N-dealkylation sites (N-methyl/N-ethyl adjacent to an activating group) is 1. The van der Waals surface area contributed by atoms with E-state index in [0.717, 1.165) is 37.4 Å². The predicted octanol–water partition coefficient (Wildman–Crippen LogP) is 4.42. The van der Waals surface area contributed by atoms with E-state index in [1.165, 1.54) is 45.1 Å². The fourth-order valence-corrected chi connectivity index (χ4v) is 5.23. The van der Waals surface area contributed by atoms with Crippen molar-refractivity contribution in [1.29, 1.82) is 0 Å². The molecule has 3 heterocycles. The molecule has 1 unspecified atom stereocenters. The number of para-hydroxylation sites is 1. The van der Waals surface area contributed by atoms with Crippen LogP contribution in [0.5, 0.6) is 11.5 Å². The normalized spacial score (nSPS) is 21.1. The van der Waals surface area contributed by atoms with E-state index in [0.29, 0.717) is 48.9 Å². The predicted molar refractivity (Wildman–Crippen MR) is 134 cm³/mol. The molecule has 0 amide bonds. The number of fused-ring (bicyclic) bond motifs is 1. The van der Waals surface area contributed by atoms with Crippen molar-refractivity contribution in [2.45, 2.75) is 70.4 Å². The van der Waals surface area contributed by atoms with Crippen molar-refractivity contribution in [3.8, 4) is 11.5 Å². The first-order valence-electron chi connectivity index (χ1n) is 12.9. The van der Waals surface area contributed by atoms with Crippen molar-refractivity contribution in [3.05, 3.63) is 18.2 Å². The van der Waals surface area contributed by atoms with E-state index in [4.69, 9.17) is 24.4 Å². The largest absolute Gasteiger partial charge is 0.486 e. The molecule has 1 aromatic carbocycles. The molecule has 0 bridgehead atoms. The Hall–Kier alpha value is -2.81. The molecule has 1 saturated heterocycles. The minimum atomic E-state index is 0.400. The number of aromatic nitrogens is 3. The highest BCUT2D eigenvalue weighted by molar-refractivity contribution is 5.68. The number of hydrogen-bond acceptors (Lipinski definition) is 9. The summed E-state index contributed by atoms with van der Waals surface area (Å²) in [4.78, 5) is 16.7. The van der Waals surface area contributed by atoms with Crippen molar-refractivity contribution in [3.63, 3.8) is 0 Å². The third-order valence-corrected chi connectivity index (χ3v) is 7.04. The molecule has 0 spiro atoms. The molecule has 184 valence electrons. The van der Waals surface area contributed by atoms with Crippen molar-refractivity contribution in [1.82, 2.24) is 19.9 Å². The minimum absolute atomic E-state index is 0.400. The van der Waals surface area contributed by atoms with Crippen LogP contribution in [-0.2, 0) is 0 Å². The quantitative estimate of drug-likeness (QED) is 0.488. The minimum Gasteiger partial charge on any atom is -0.486 e. The highest BCUT2D eigenvalue weighted by Gasteiger charge is 2.23. The van der Waals surface area contributed by atoms with Crippen molar-refractivity contribution >= 4 is 23.5 Å². The van der Waals surface area contributed by atoms with Crippen LogP contribution in [-0.4, -0.2) is 64.8 Å². The van der Waals surface area contributed by atoms with E-state index in [1.807, 2.05) is 18.2 Å². The molecule has 2 aromatic rings. The van der Waals surface area contributed by atoms with Gasteiger partial charge in [-0.1, -0.05) is 38.7 Å². The van der Waals surface area contributed by atoms with Gasteiger partial charge in [0.15, 0.2) is 11.5 Å². The van der Waals surface area contributed by atoms with Crippen molar-refractivity contribution < 1.29 is 9.47 Å². The molecule has 1 aromatic heterocycles. The lowest BCUT2D eigenvalue weighted by Crippen LogP contribution is -2.35. The monoisotopic (exact) mass is 467 g/mol. The topological polar surface area (TPSA) is 96.5 Å². The van der Waals surface area contributed by atoms with E-state index < -0.39 is 0 Å². The van der Waals surface area contributed by atoms with Crippen LogP contribution in [0.4, 0.5) is 23.5 Å². The Morgan fingerprint density at radius 3 is 2.56 bits per heavy atom. The molecule has 0 radical (unpaired) electrons. The van der Waals surface area contributed by atoms with Gasteiger partial charge in [0.2, 0.25) is 17.8 Å². The first kappa shape index (κ1) is 23.0. The SMILES string of the molecule is CCN1CCCC1CNc1nc(Nc2cccc3c2OCCO3)nc(NC2CCCCCC2)n1. The number of nitrogens with one attached hydrogen (secondary N) is 3. The van der Waals surface area contributed by atoms with Gasteiger partial charge in [0.1, 0.15) is 13.2 Å². The number of anilines is 4. The van der Waals surface area contributed by atoms with Gasteiger partial charge >= 0.3 is 0 Å². The maximum absolute atomic E-state index is 5.87. The van der Waals surface area contributed by atoms with Crippen LogP contribution in [0, 0.1) is 0 Å². The number of benzene rings is 1. The first-order valence-corrected chi connectivity index (χ1v) is 12.9. The summed E-state index contributed by atoms with van der Waals surface area (Å²) in [6, 6.07) is 6.74. The maximum Gasteiger partial charge on any atom is 0.233 e. The Morgan fingerprint density at radius 1 is 0.912 bits per heavy atom. The summed E-state index contributed by atoms with van der Waals surface area (Å²) >= 11 is 0. The van der Waals surface area contributed by atoms with Crippen LogP contribution < -0.4 is 25.4 Å². The van der Waals surface area contributed by atoms with E-state index in [1.54, 1.807) is 0 Å². The summed E-state index contributed by atoms with van der Waals surface area (Å²) in [6.07, 6.45) is 9.89. The Kier molecular flexibility index (Phi) is 7.48. The lowest BCUT2D eigenvalue weighted by Gasteiger charge is -2.23. The van der Waals surface area contributed by atoms with Gasteiger partial charge in [-0.25, -0.2) is 0 Å². The van der Waals surface area contributed by atoms with Gasteiger partial charge in [0.25, 0.3) is 0 Å². The van der Waals surface area contributed by atoms with Gasteiger partial charge in [-0.15, -0.1) is 0 Å². The third-order valence-electron chi connectivity index (χ3n) is 7.04. The van der Waals surface area contributed by atoms with Gasteiger partial charge in [0.05, 0.1) is 5.69 Å². The van der Waals surface area contributed by atoms with Gasteiger partial charge in [-0.05, 0) is 50.9 Å². The summed E-state index contributed by atoms with van der Waals surface area (Å²) in [6.45, 7) is 6.39. The lowest BCUT2D eigenvalue weighted by molar-refractivity contribution is 0.172. The Bertz CT molecular complexity index is 949. The standard InChI is InChI=1S/C25H37N7O2/c1-2-32-14-8-11-19(32)17-26-23-29-24(27-18-9-5-3-4-6-10-18)31-25(30-23)28-20-12-7-13-21-22(20)34-16-15-33-21/h7,12-13,18-19H,2-6,8-11,14-17H2,1H3,(H3,26,27,28,29,30,31). The molecule has 2 fully saturated rings. The summed E-state index contributed by atoms with van der Waals surface area (Å²) in [7, 11) is 0. The molecule has 5 rings (SSSR count). The van der Waals surface area contributed by atoms with Gasteiger partial charge in [-0.3, -0.25) is 4.90 Å². The number of hydrogen-bond donors (Lipinski definition) is 3. The number of ether oxygens (including phenoxy) is 2. The second-order valence-corrected chi connectivity index (χ2v) is 9.40. The maximum atomic E-state index is 5.87. The van der Waals surface area contributed by atoms with Gasteiger partial charge < -0.3 is 25.4 Å². The highest BCUT2D eigenvalue weighted by Crippen LogP contribution is 2.38. The second kappa shape index (κ2) is 11.1. The molecule has 3 aliphatic rings. The Balaban J connectivity index is 1.36. The first-order chi connectivity index (χ1) is 16.8. The summed E-state index contributed by atoms with van der Waals surface area (Å²) in [5, 5.41) is 10.4. The van der Waals surface area contributed by atoms with E-state index in [9.17, 15) is 0 Å². The molecule has 9 heteroatoms. The Labute approximate surface area is 202 Å². The molecule has 1 aliphatic carbocycles. The Morgan fingerprint density at radius 2 is 1.71 bits per heavy atom. The van der Waals surface area contributed by atoms with Crippen molar-refractivity contribution in [2.75, 3.05) is 48.8 Å². The zero-order valence-electron chi connectivity index (χ0n) is 20.2. The number of likely N-dealkylation sites (tertiary alicyclic amines) is 1. The van der Waals surface area contributed by atoms with Crippen molar-refractivity contribution in [2.24, 2.45) is 0 Å².